The molecular formula is C22H20BrN3O2S. The van der Waals surface area contributed by atoms with Gasteiger partial charge in [-0.05, 0) is 35.3 Å². The van der Waals surface area contributed by atoms with E-state index in [2.05, 4.69) is 58.9 Å². The van der Waals surface area contributed by atoms with E-state index in [9.17, 15) is 4.79 Å². The standard InChI is InChI=1S/C22H20BrN3O2S/c1-22(2,3)15-7-5-13(6-8-15)19-24-21-26(25-19)20(27)18(29-21)12-14-11-16(23)9-10-17(14)28-4/h5-12H,1-4H3. The van der Waals surface area contributed by atoms with Gasteiger partial charge in [-0.2, -0.15) is 9.50 Å². The van der Waals surface area contributed by atoms with Crippen LogP contribution in [0.5, 0.6) is 5.75 Å². The van der Waals surface area contributed by atoms with Crippen molar-refractivity contribution in [2.75, 3.05) is 7.11 Å². The predicted molar refractivity (Wildman–Crippen MR) is 121 cm³/mol. The Morgan fingerprint density at radius 1 is 1.14 bits per heavy atom. The lowest BCUT2D eigenvalue weighted by Crippen LogP contribution is -2.23. The van der Waals surface area contributed by atoms with Crippen LogP contribution in [0.15, 0.2) is 51.7 Å². The zero-order valence-electron chi connectivity index (χ0n) is 16.6. The summed E-state index contributed by atoms with van der Waals surface area (Å²) in [5, 5.41) is 4.44. The lowest BCUT2D eigenvalue weighted by atomic mass is 9.87. The Labute approximate surface area is 180 Å². The van der Waals surface area contributed by atoms with Crippen molar-refractivity contribution in [3.05, 3.63) is 73.0 Å². The summed E-state index contributed by atoms with van der Waals surface area (Å²) in [6, 6.07) is 13.8. The minimum atomic E-state index is -0.183. The van der Waals surface area contributed by atoms with E-state index in [4.69, 9.17) is 4.74 Å². The molecule has 7 heteroatoms. The highest BCUT2D eigenvalue weighted by Gasteiger charge is 2.16. The maximum Gasteiger partial charge on any atom is 0.291 e. The summed E-state index contributed by atoms with van der Waals surface area (Å²) < 4.78 is 8.24. The van der Waals surface area contributed by atoms with Crippen LogP contribution in [-0.2, 0) is 5.41 Å². The summed E-state index contributed by atoms with van der Waals surface area (Å²) in [5.74, 6) is 1.26. The molecule has 0 unspecified atom stereocenters. The molecule has 0 radical (unpaired) electrons. The molecule has 0 bridgehead atoms. The molecule has 4 rings (SSSR count). The van der Waals surface area contributed by atoms with Gasteiger partial charge in [0.1, 0.15) is 5.75 Å². The number of nitrogens with zero attached hydrogens (tertiary/aromatic N) is 3. The highest BCUT2D eigenvalue weighted by molar-refractivity contribution is 9.10. The van der Waals surface area contributed by atoms with E-state index in [1.807, 2.05) is 36.4 Å². The van der Waals surface area contributed by atoms with Gasteiger partial charge in [-0.1, -0.05) is 72.3 Å². The highest BCUT2D eigenvalue weighted by Crippen LogP contribution is 2.26. The molecule has 0 aliphatic rings. The third-order valence-electron chi connectivity index (χ3n) is 4.67. The van der Waals surface area contributed by atoms with Crippen molar-refractivity contribution in [2.24, 2.45) is 0 Å². The Hall–Kier alpha value is -2.51. The first-order chi connectivity index (χ1) is 13.8. The smallest absolute Gasteiger partial charge is 0.291 e. The van der Waals surface area contributed by atoms with Crippen LogP contribution in [-0.4, -0.2) is 21.7 Å². The van der Waals surface area contributed by atoms with Crippen LogP contribution in [0.2, 0.25) is 0 Å². The zero-order chi connectivity index (χ0) is 20.8. The van der Waals surface area contributed by atoms with Crippen molar-refractivity contribution < 1.29 is 4.74 Å². The Kier molecular flexibility index (Phi) is 5.04. The van der Waals surface area contributed by atoms with Crippen molar-refractivity contribution >= 4 is 38.3 Å². The van der Waals surface area contributed by atoms with E-state index in [0.717, 1.165) is 15.6 Å². The third kappa shape index (κ3) is 3.84. The number of benzene rings is 2. The molecule has 0 saturated heterocycles. The second kappa shape index (κ2) is 7.39. The minimum Gasteiger partial charge on any atom is -0.496 e. The number of thiazole rings is 1. The topological polar surface area (TPSA) is 56.5 Å². The number of aromatic nitrogens is 3. The van der Waals surface area contributed by atoms with E-state index in [1.165, 1.54) is 21.4 Å². The van der Waals surface area contributed by atoms with Gasteiger partial charge in [0.2, 0.25) is 4.96 Å². The van der Waals surface area contributed by atoms with Gasteiger partial charge in [0.05, 0.1) is 11.6 Å². The number of halogens is 1. The maximum atomic E-state index is 12.8. The monoisotopic (exact) mass is 469 g/mol. The highest BCUT2D eigenvalue weighted by atomic mass is 79.9. The molecule has 0 fully saturated rings. The van der Waals surface area contributed by atoms with Gasteiger partial charge in [-0.25, -0.2) is 0 Å². The van der Waals surface area contributed by atoms with Crippen LogP contribution in [0, 0.1) is 0 Å². The van der Waals surface area contributed by atoms with E-state index in [-0.39, 0.29) is 11.0 Å². The van der Waals surface area contributed by atoms with Gasteiger partial charge in [0.15, 0.2) is 5.82 Å². The van der Waals surface area contributed by atoms with Gasteiger partial charge >= 0.3 is 0 Å². The number of hydrogen-bond acceptors (Lipinski definition) is 5. The predicted octanol–water partition coefficient (Wildman–Crippen LogP) is 4.43. The molecule has 0 aliphatic heterocycles. The fraction of sp³-hybridized carbons (Fsp3) is 0.227. The molecule has 0 spiro atoms. The van der Waals surface area contributed by atoms with Crippen molar-refractivity contribution in [1.29, 1.82) is 0 Å². The van der Waals surface area contributed by atoms with Crippen LogP contribution in [0.1, 0.15) is 31.9 Å². The maximum absolute atomic E-state index is 12.8. The van der Waals surface area contributed by atoms with E-state index >= 15 is 0 Å². The molecule has 5 nitrogen and oxygen atoms in total. The number of hydrogen-bond donors (Lipinski definition) is 0. The molecule has 0 saturated carbocycles. The Balaban J connectivity index is 1.75. The van der Waals surface area contributed by atoms with Crippen LogP contribution in [0.25, 0.3) is 22.4 Å². The Bertz CT molecular complexity index is 1300. The minimum absolute atomic E-state index is 0.0842. The largest absolute Gasteiger partial charge is 0.496 e. The van der Waals surface area contributed by atoms with E-state index in [0.29, 0.717) is 21.1 Å². The van der Waals surface area contributed by atoms with Crippen molar-refractivity contribution in [3.8, 4) is 17.1 Å². The van der Waals surface area contributed by atoms with Crippen LogP contribution < -0.4 is 14.8 Å². The Morgan fingerprint density at radius 2 is 1.86 bits per heavy atom. The second-order valence-electron chi connectivity index (χ2n) is 7.76. The van der Waals surface area contributed by atoms with Crippen molar-refractivity contribution in [1.82, 2.24) is 14.6 Å². The first kappa shape index (κ1) is 19.8. The number of methoxy groups -OCH3 is 1. The molecule has 0 aliphatic carbocycles. The summed E-state index contributed by atoms with van der Waals surface area (Å²) >= 11 is 4.77. The van der Waals surface area contributed by atoms with Gasteiger partial charge < -0.3 is 4.74 Å². The SMILES string of the molecule is COc1ccc(Br)cc1C=c1sc2nc(-c3ccc(C(C)(C)C)cc3)nn2c1=O. The molecule has 148 valence electrons. The molecule has 0 amide bonds. The molecule has 0 atom stereocenters. The summed E-state index contributed by atoms with van der Waals surface area (Å²) in [4.78, 5) is 18.0. The quantitative estimate of drug-likeness (QED) is 0.445. The number of rotatable bonds is 3. The molecule has 29 heavy (non-hydrogen) atoms. The zero-order valence-corrected chi connectivity index (χ0v) is 19.0. The molecule has 2 aromatic carbocycles. The number of ether oxygens (including phenoxy) is 1. The first-order valence-electron chi connectivity index (χ1n) is 9.12. The lowest BCUT2D eigenvalue weighted by Gasteiger charge is -2.18. The first-order valence-corrected chi connectivity index (χ1v) is 10.7. The fourth-order valence-electron chi connectivity index (χ4n) is 3.03. The normalized spacial score (nSPS) is 12.7. The molecule has 2 heterocycles. The average molecular weight is 470 g/mol. The fourth-order valence-corrected chi connectivity index (χ4v) is 4.31. The van der Waals surface area contributed by atoms with Gasteiger partial charge in [-0.15, -0.1) is 5.10 Å². The van der Waals surface area contributed by atoms with Crippen molar-refractivity contribution in [3.63, 3.8) is 0 Å². The van der Waals surface area contributed by atoms with Crippen LogP contribution in [0.4, 0.5) is 0 Å². The summed E-state index contributed by atoms with van der Waals surface area (Å²) in [7, 11) is 1.61. The van der Waals surface area contributed by atoms with E-state index < -0.39 is 0 Å². The van der Waals surface area contributed by atoms with E-state index in [1.54, 1.807) is 7.11 Å². The van der Waals surface area contributed by atoms with Crippen LogP contribution in [0.3, 0.4) is 0 Å². The third-order valence-corrected chi connectivity index (χ3v) is 6.12. The molecule has 2 aromatic heterocycles. The molecular weight excluding hydrogens is 450 g/mol. The summed E-state index contributed by atoms with van der Waals surface area (Å²) in [6.45, 7) is 6.53. The molecule has 0 N–H and O–H groups in total. The van der Waals surface area contributed by atoms with Gasteiger partial charge in [-0.3, -0.25) is 4.79 Å². The lowest BCUT2D eigenvalue weighted by molar-refractivity contribution is 0.414. The Morgan fingerprint density at radius 3 is 2.48 bits per heavy atom. The van der Waals surface area contributed by atoms with Crippen LogP contribution >= 0.6 is 27.3 Å². The van der Waals surface area contributed by atoms with Gasteiger partial charge in [0.25, 0.3) is 5.56 Å². The summed E-state index contributed by atoms with van der Waals surface area (Å²) in [5.41, 5.74) is 2.86. The number of fused-ring (bicyclic) bond motifs is 1. The van der Waals surface area contributed by atoms with Crippen molar-refractivity contribution in [2.45, 2.75) is 26.2 Å². The van der Waals surface area contributed by atoms with Gasteiger partial charge in [0, 0.05) is 15.6 Å². The second-order valence-corrected chi connectivity index (χ2v) is 9.68. The molecule has 4 aromatic rings. The summed E-state index contributed by atoms with van der Waals surface area (Å²) in [6.07, 6.45) is 1.81. The average Bonchev–Trinajstić information content (AvgIpc) is 3.21.